The molecule has 1 unspecified atom stereocenters. The minimum atomic E-state index is -3.41. The van der Waals surface area contributed by atoms with E-state index in [0.717, 1.165) is 0 Å². The molecule has 1 fully saturated rings. The van der Waals surface area contributed by atoms with Gasteiger partial charge in [0.25, 0.3) is 0 Å². The van der Waals surface area contributed by atoms with Crippen molar-refractivity contribution < 1.29 is 23.0 Å². The molecule has 0 aromatic heterocycles. The van der Waals surface area contributed by atoms with Crippen LogP contribution in [0.25, 0.3) is 0 Å². The van der Waals surface area contributed by atoms with Crippen molar-refractivity contribution in [2.24, 2.45) is 0 Å². The van der Waals surface area contributed by atoms with Gasteiger partial charge in [-0.05, 0) is 24.3 Å². The molecule has 7 nitrogen and oxygen atoms in total. The SMILES string of the molecule is Nc1ccc(OCCS(=O)(=O)N2CCOC(CO)C2)cc1. The highest BCUT2D eigenvalue weighted by molar-refractivity contribution is 7.89. The fourth-order valence-electron chi connectivity index (χ4n) is 2.01. The number of nitrogens with two attached hydrogens (primary N) is 1. The number of rotatable bonds is 6. The summed E-state index contributed by atoms with van der Waals surface area (Å²) in [5, 5.41) is 9.04. The zero-order chi connectivity index (χ0) is 15.3. The Morgan fingerprint density at radius 2 is 2.10 bits per heavy atom. The van der Waals surface area contributed by atoms with E-state index in [1.54, 1.807) is 24.3 Å². The van der Waals surface area contributed by atoms with E-state index in [-0.39, 0.29) is 25.5 Å². The van der Waals surface area contributed by atoms with Crippen LogP contribution in [0, 0.1) is 0 Å². The molecule has 3 N–H and O–H groups in total. The molecule has 1 aromatic carbocycles. The lowest BCUT2D eigenvalue weighted by atomic mass is 10.3. The Morgan fingerprint density at radius 3 is 2.76 bits per heavy atom. The standard InChI is InChI=1S/C13H20N2O5S/c14-11-1-3-12(4-2-11)20-7-8-21(17,18)15-5-6-19-13(9-15)10-16/h1-4,13,16H,5-10,14H2. The summed E-state index contributed by atoms with van der Waals surface area (Å²) in [7, 11) is -3.41. The number of aliphatic hydroxyl groups is 1. The highest BCUT2D eigenvalue weighted by Gasteiger charge is 2.28. The van der Waals surface area contributed by atoms with Crippen molar-refractivity contribution in [3.8, 4) is 5.75 Å². The minimum Gasteiger partial charge on any atom is -0.492 e. The molecule has 118 valence electrons. The Labute approximate surface area is 124 Å². The van der Waals surface area contributed by atoms with Crippen LogP contribution in [0.15, 0.2) is 24.3 Å². The lowest BCUT2D eigenvalue weighted by Gasteiger charge is -2.31. The Balaban J connectivity index is 1.84. The lowest BCUT2D eigenvalue weighted by Crippen LogP contribution is -2.48. The molecule has 21 heavy (non-hydrogen) atoms. The maximum Gasteiger partial charge on any atom is 0.217 e. The maximum atomic E-state index is 12.2. The van der Waals surface area contributed by atoms with E-state index < -0.39 is 16.1 Å². The Bertz CT molecular complexity index is 546. The summed E-state index contributed by atoms with van der Waals surface area (Å²) < 4.78 is 36.3. The number of hydrogen-bond acceptors (Lipinski definition) is 6. The summed E-state index contributed by atoms with van der Waals surface area (Å²) >= 11 is 0. The first kappa shape index (κ1) is 16.0. The summed E-state index contributed by atoms with van der Waals surface area (Å²) in [6, 6.07) is 6.77. The predicted octanol–water partition coefficient (Wildman–Crippen LogP) is -0.329. The van der Waals surface area contributed by atoms with Crippen molar-refractivity contribution >= 4 is 15.7 Å². The second-order valence-electron chi connectivity index (χ2n) is 4.77. The van der Waals surface area contributed by atoms with E-state index in [4.69, 9.17) is 20.3 Å². The number of anilines is 1. The third kappa shape index (κ3) is 4.57. The van der Waals surface area contributed by atoms with E-state index in [1.807, 2.05) is 0 Å². The fourth-order valence-corrected chi connectivity index (χ4v) is 3.31. The molecule has 1 aliphatic rings. The van der Waals surface area contributed by atoms with Gasteiger partial charge in [0.1, 0.15) is 12.4 Å². The molecule has 1 aliphatic heterocycles. The molecular weight excluding hydrogens is 296 g/mol. The van der Waals surface area contributed by atoms with E-state index in [9.17, 15) is 8.42 Å². The Morgan fingerprint density at radius 1 is 1.38 bits per heavy atom. The third-order valence-electron chi connectivity index (χ3n) is 3.19. The van der Waals surface area contributed by atoms with Crippen molar-refractivity contribution in [2.45, 2.75) is 6.10 Å². The summed E-state index contributed by atoms with van der Waals surface area (Å²) in [6.45, 7) is 0.659. The number of morpholine rings is 1. The molecule has 8 heteroatoms. The molecule has 0 amide bonds. The van der Waals surface area contributed by atoms with E-state index >= 15 is 0 Å². The highest BCUT2D eigenvalue weighted by atomic mass is 32.2. The van der Waals surface area contributed by atoms with Crippen molar-refractivity contribution in [3.63, 3.8) is 0 Å². The molecule has 1 saturated heterocycles. The molecule has 1 atom stereocenters. The minimum absolute atomic E-state index is 0.0629. The van der Waals surface area contributed by atoms with Gasteiger partial charge in [0.05, 0.1) is 25.1 Å². The van der Waals surface area contributed by atoms with E-state index in [1.165, 1.54) is 4.31 Å². The molecule has 0 aliphatic carbocycles. The first-order valence-corrected chi connectivity index (χ1v) is 8.31. The molecule has 0 bridgehead atoms. The molecule has 0 saturated carbocycles. The van der Waals surface area contributed by atoms with E-state index in [2.05, 4.69) is 0 Å². The van der Waals surface area contributed by atoms with Gasteiger partial charge in [0, 0.05) is 18.8 Å². The monoisotopic (exact) mass is 316 g/mol. The normalized spacial score (nSPS) is 20.3. The van der Waals surface area contributed by atoms with Crippen LogP contribution in [-0.2, 0) is 14.8 Å². The Hall–Kier alpha value is -1.35. The van der Waals surface area contributed by atoms with Crippen LogP contribution in [0.2, 0.25) is 0 Å². The number of aliphatic hydroxyl groups excluding tert-OH is 1. The predicted molar refractivity (Wildman–Crippen MR) is 78.5 cm³/mol. The fraction of sp³-hybridized carbons (Fsp3) is 0.538. The van der Waals surface area contributed by atoms with Crippen molar-refractivity contribution in [1.29, 1.82) is 0 Å². The third-order valence-corrected chi connectivity index (χ3v) is 4.99. The van der Waals surface area contributed by atoms with Crippen LogP contribution in [0.4, 0.5) is 5.69 Å². The first-order valence-electron chi connectivity index (χ1n) is 6.70. The van der Waals surface area contributed by atoms with Crippen LogP contribution in [0.3, 0.4) is 0 Å². The quantitative estimate of drug-likeness (QED) is 0.697. The van der Waals surface area contributed by atoms with Crippen LogP contribution >= 0.6 is 0 Å². The highest BCUT2D eigenvalue weighted by Crippen LogP contribution is 2.14. The average molecular weight is 316 g/mol. The van der Waals surface area contributed by atoms with Gasteiger partial charge in [0.2, 0.25) is 10.0 Å². The number of hydrogen-bond donors (Lipinski definition) is 2. The zero-order valence-corrected chi connectivity index (χ0v) is 12.5. The zero-order valence-electron chi connectivity index (χ0n) is 11.6. The topological polar surface area (TPSA) is 102 Å². The molecule has 2 rings (SSSR count). The smallest absolute Gasteiger partial charge is 0.217 e. The van der Waals surface area contributed by atoms with Gasteiger partial charge in [-0.3, -0.25) is 0 Å². The summed E-state index contributed by atoms with van der Waals surface area (Å²) in [5.41, 5.74) is 6.18. The maximum absolute atomic E-state index is 12.2. The van der Waals surface area contributed by atoms with Gasteiger partial charge in [-0.1, -0.05) is 0 Å². The van der Waals surface area contributed by atoms with Crippen molar-refractivity contribution in [2.75, 3.05) is 44.4 Å². The number of nitrogens with zero attached hydrogens (tertiary/aromatic N) is 1. The summed E-state index contributed by atoms with van der Waals surface area (Å²) in [5.74, 6) is 0.463. The van der Waals surface area contributed by atoms with E-state index in [0.29, 0.717) is 24.6 Å². The van der Waals surface area contributed by atoms with Gasteiger partial charge in [-0.2, -0.15) is 4.31 Å². The second-order valence-corrected chi connectivity index (χ2v) is 6.86. The second kappa shape index (κ2) is 7.08. The first-order chi connectivity index (χ1) is 10.0. The van der Waals surface area contributed by atoms with Crippen LogP contribution in [0.5, 0.6) is 5.75 Å². The number of benzene rings is 1. The summed E-state index contributed by atoms with van der Waals surface area (Å²) in [6.07, 6.45) is -0.452. The van der Waals surface area contributed by atoms with Gasteiger partial charge >= 0.3 is 0 Å². The molecule has 0 spiro atoms. The average Bonchev–Trinajstić information content (AvgIpc) is 2.49. The van der Waals surface area contributed by atoms with Gasteiger partial charge in [0.15, 0.2) is 0 Å². The summed E-state index contributed by atoms with van der Waals surface area (Å²) in [4.78, 5) is 0. The van der Waals surface area contributed by atoms with Crippen LogP contribution in [0.1, 0.15) is 0 Å². The molecule has 1 heterocycles. The van der Waals surface area contributed by atoms with Crippen LogP contribution < -0.4 is 10.5 Å². The van der Waals surface area contributed by atoms with Crippen LogP contribution in [-0.4, -0.2) is 62.6 Å². The number of ether oxygens (including phenoxy) is 2. The van der Waals surface area contributed by atoms with Gasteiger partial charge in [-0.15, -0.1) is 0 Å². The number of sulfonamides is 1. The van der Waals surface area contributed by atoms with Gasteiger partial charge < -0.3 is 20.3 Å². The Kier molecular flexibility index (Phi) is 5.40. The van der Waals surface area contributed by atoms with Gasteiger partial charge in [-0.25, -0.2) is 8.42 Å². The molecular formula is C13H20N2O5S. The largest absolute Gasteiger partial charge is 0.492 e. The van der Waals surface area contributed by atoms with Crippen molar-refractivity contribution in [3.05, 3.63) is 24.3 Å². The number of nitrogen functional groups attached to an aromatic ring is 1. The lowest BCUT2D eigenvalue weighted by molar-refractivity contribution is -0.0305. The molecule has 1 aromatic rings. The molecule has 0 radical (unpaired) electrons. The van der Waals surface area contributed by atoms with Crippen molar-refractivity contribution in [1.82, 2.24) is 4.31 Å².